The molecule has 1 aromatic carbocycles. The van der Waals surface area contributed by atoms with E-state index in [0.717, 1.165) is 18.7 Å². The molecule has 5 nitrogen and oxygen atoms in total. The number of rotatable bonds is 3. The molecule has 0 saturated carbocycles. The van der Waals surface area contributed by atoms with Gasteiger partial charge in [-0.3, -0.25) is 0 Å². The zero-order valence-corrected chi connectivity index (χ0v) is 11.7. The first-order valence-electron chi connectivity index (χ1n) is 6.18. The molecule has 0 amide bonds. The molecule has 1 aliphatic heterocycles. The van der Waals surface area contributed by atoms with Crippen LogP contribution in [-0.2, 0) is 16.4 Å². The van der Waals surface area contributed by atoms with Crippen LogP contribution in [0.1, 0.15) is 5.56 Å². The van der Waals surface area contributed by atoms with Gasteiger partial charge in [0.25, 0.3) is 0 Å². The maximum Gasteiger partial charge on any atom is 0.243 e. The summed E-state index contributed by atoms with van der Waals surface area (Å²) in [6.07, 6.45) is 0.300. The molecule has 0 spiro atoms. The first kappa shape index (κ1) is 14.0. The molecule has 0 aliphatic carbocycles. The van der Waals surface area contributed by atoms with Crippen molar-refractivity contribution in [1.29, 1.82) is 5.26 Å². The Kier molecular flexibility index (Phi) is 4.20. The Morgan fingerprint density at radius 2 is 1.74 bits per heavy atom. The normalized spacial score (nSPS) is 18.1. The smallest absolute Gasteiger partial charge is 0.243 e. The fraction of sp³-hybridized carbons (Fsp3) is 0.462. The lowest BCUT2D eigenvalue weighted by molar-refractivity contribution is 0.222. The van der Waals surface area contributed by atoms with Gasteiger partial charge in [-0.25, -0.2) is 8.42 Å². The number of sulfonamides is 1. The Labute approximate surface area is 114 Å². The number of nitrogens with zero attached hydrogens (tertiary/aromatic N) is 3. The molecule has 0 unspecified atom stereocenters. The number of benzene rings is 1. The molecule has 2 rings (SSSR count). The molecule has 0 atom stereocenters. The molecule has 6 heteroatoms. The Bertz CT molecular complexity index is 567. The zero-order chi connectivity index (χ0) is 13.9. The Morgan fingerprint density at radius 1 is 1.16 bits per heavy atom. The van der Waals surface area contributed by atoms with E-state index in [1.54, 1.807) is 24.3 Å². The second-order valence-corrected chi connectivity index (χ2v) is 6.62. The minimum atomic E-state index is -3.39. The quantitative estimate of drug-likeness (QED) is 0.816. The van der Waals surface area contributed by atoms with Gasteiger partial charge in [0, 0.05) is 26.2 Å². The Hall–Kier alpha value is -1.42. The van der Waals surface area contributed by atoms with Crippen molar-refractivity contribution < 1.29 is 8.42 Å². The van der Waals surface area contributed by atoms with Gasteiger partial charge in [0.2, 0.25) is 10.0 Å². The molecule has 0 bridgehead atoms. The SMILES string of the molecule is CN1CCN(S(=O)(=O)c2ccc(CC#N)cc2)CC1. The number of nitriles is 1. The van der Waals surface area contributed by atoms with Crippen molar-refractivity contribution in [2.45, 2.75) is 11.3 Å². The lowest BCUT2D eigenvalue weighted by Crippen LogP contribution is -2.46. The van der Waals surface area contributed by atoms with E-state index in [-0.39, 0.29) is 0 Å². The number of hydrogen-bond acceptors (Lipinski definition) is 4. The van der Waals surface area contributed by atoms with Crippen LogP contribution in [0.4, 0.5) is 0 Å². The van der Waals surface area contributed by atoms with Gasteiger partial charge in [0.1, 0.15) is 0 Å². The fourth-order valence-corrected chi connectivity index (χ4v) is 3.47. The average Bonchev–Trinajstić information content (AvgIpc) is 2.40. The molecule has 0 N–H and O–H groups in total. The summed E-state index contributed by atoms with van der Waals surface area (Å²) in [5.74, 6) is 0. The monoisotopic (exact) mass is 279 g/mol. The molecule has 1 aromatic rings. The van der Waals surface area contributed by atoms with Gasteiger partial charge in [-0.1, -0.05) is 12.1 Å². The van der Waals surface area contributed by atoms with Crippen molar-refractivity contribution in [1.82, 2.24) is 9.21 Å². The van der Waals surface area contributed by atoms with Gasteiger partial charge in [0.15, 0.2) is 0 Å². The topological polar surface area (TPSA) is 64.4 Å². The standard InChI is InChI=1S/C13H17N3O2S/c1-15-8-10-16(11-9-15)19(17,18)13-4-2-12(3-5-13)6-7-14/h2-5H,6,8-11H2,1H3. The van der Waals surface area contributed by atoms with Crippen LogP contribution >= 0.6 is 0 Å². The van der Waals surface area contributed by atoms with Crippen molar-refractivity contribution in [3.63, 3.8) is 0 Å². The summed E-state index contributed by atoms with van der Waals surface area (Å²) < 4.78 is 26.3. The van der Waals surface area contributed by atoms with Crippen LogP contribution in [0.5, 0.6) is 0 Å². The van der Waals surface area contributed by atoms with Crippen LogP contribution < -0.4 is 0 Å². The van der Waals surface area contributed by atoms with Crippen molar-refractivity contribution in [3.05, 3.63) is 29.8 Å². The van der Waals surface area contributed by atoms with E-state index in [1.807, 2.05) is 13.1 Å². The zero-order valence-electron chi connectivity index (χ0n) is 10.9. The van der Waals surface area contributed by atoms with Gasteiger partial charge in [-0.2, -0.15) is 9.57 Å². The van der Waals surface area contributed by atoms with E-state index >= 15 is 0 Å². The number of hydrogen-bond donors (Lipinski definition) is 0. The minimum absolute atomic E-state index is 0.300. The van der Waals surface area contributed by atoms with Crippen LogP contribution in [0.2, 0.25) is 0 Å². The molecule has 0 radical (unpaired) electrons. The van der Waals surface area contributed by atoms with Gasteiger partial charge in [0.05, 0.1) is 17.4 Å². The Balaban J connectivity index is 2.17. The molecular weight excluding hydrogens is 262 g/mol. The van der Waals surface area contributed by atoms with E-state index in [9.17, 15) is 8.42 Å². The summed E-state index contributed by atoms with van der Waals surface area (Å²) in [6, 6.07) is 8.61. The first-order chi connectivity index (χ1) is 9.04. The number of piperazine rings is 1. The van der Waals surface area contributed by atoms with E-state index < -0.39 is 10.0 Å². The Morgan fingerprint density at radius 3 is 2.26 bits per heavy atom. The van der Waals surface area contributed by atoms with E-state index in [1.165, 1.54) is 4.31 Å². The second-order valence-electron chi connectivity index (χ2n) is 4.69. The van der Waals surface area contributed by atoms with E-state index in [2.05, 4.69) is 4.90 Å². The summed E-state index contributed by atoms with van der Waals surface area (Å²) in [5, 5.41) is 8.60. The lowest BCUT2D eigenvalue weighted by atomic mass is 10.2. The van der Waals surface area contributed by atoms with Crippen LogP contribution in [-0.4, -0.2) is 50.8 Å². The highest BCUT2D eigenvalue weighted by Gasteiger charge is 2.27. The summed E-state index contributed by atoms with van der Waals surface area (Å²) in [5.41, 5.74) is 0.833. The molecule has 102 valence electrons. The van der Waals surface area contributed by atoms with Crippen molar-refractivity contribution in [3.8, 4) is 6.07 Å². The summed E-state index contributed by atoms with van der Waals surface area (Å²) >= 11 is 0. The molecule has 19 heavy (non-hydrogen) atoms. The molecule has 1 fully saturated rings. The van der Waals surface area contributed by atoms with E-state index in [4.69, 9.17) is 5.26 Å². The minimum Gasteiger partial charge on any atom is -0.304 e. The van der Waals surface area contributed by atoms with E-state index in [0.29, 0.717) is 24.4 Å². The molecule has 1 heterocycles. The predicted molar refractivity (Wildman–Crippen MR) is 72.0 cm³/mol. The highest BCUT2D eigenvalue weighted by atomic mass is 32.2. The van der Waals surface area contributed by atoms with Crippen LogP contribution in [0.15, 0.2) is 29.2 Å². The molecular formula is C13H17N3O2S. The van der Waals surface area contributed by atoms with Gasteiger partial charge in [-0.15, -0.1) is 0 Å². The van der Waals surface area contributed by atoms with Crippen LogP contribution in [0.3, 0.4) is 0 Å². The number of likely N-dealkylation sites (N-methyl/N-ethyl adjacent to an activating group) is 1. The highest BCUT2D eigenvalue weighted by molar-refractivity contribution is 7.89. The van der Waals surface area contributed by atoms with Gasteiger partial charge >= 0.3 is 0 Å². The average molecular weight is 279 g/mol. The van der Waals surface area contributed by atoms with Crippen molar-refractivity contribution >= 4 is 10.0 Å². The van der Waals surface area contributed by atoms with Crippen LogP contribution in [0.25, 0.3) is 0 Å². The largest absolute Gasteiger partial charge is 0.304 e. The van der Waals surface area contributed by atoms with Crippen molar-refractivity contribution in [2.24, 2.45) is 0 Å². The third-order valence-corrected chi connectivity index (χ3v) is 5.22. The van der Waals surface area contributed by atoms with Crippen molar-refractivity contribution in [2.75, 3.05) is 33.2 Å². The predicted octanol–water partition coefficient (Wildman–Crippen LogP) is 0.689. The van der Waals surface area contributed by atoms with Gasteiger partial charge < -0.3 is 4.90 Å². The molecule has 1 saturated heterocycles. The molecule has 1 aliphatic rings. The van der Waals surface area contributed by atoms with Gasteiger partial charge in [-0.05, 0) is 24.7 Å². The fourth-order valence-electron chi connectivity index (χ4n) is 2.05. The summed E-state index contributed by atoms with van der Waals surface area (Å²) in [4.78, 5) is 2.42. The highest BCUT2D eigenvalue weighted by Crippen LogP contribution is 2.18. The lowest BCUT2D eigenvalue weighted by Gasteiger charge is -2.31. The first-order valence-corrected chi connectivity index (χ1v) is 7.62. The third kappa shape index (κ3) is 3.13. The molecule has 0 aromatic heterocycles. The maximum atomic E-state index is 12.4. The summed E-state index contributed by atoms with van der Waals surface area (Å²) in [7, 11) is -1.41. The van der Waals surface area contributed by atoms with Crippen LogP contribution in [0, 0.1) is 11.3 Å². The second kappa shape index (κ2) is 5.70. The third-order valence-electron chi connectivity index (χ3n) is 3.31. The summed E-state index contributed by atoms with van der Waals surface area (Å²) in [6.45, 7) is 2.56. The maximum absolute atomic E-state index is 12.4.